The third kappa shape index (κ3) is 4.68. The van der Waals surface area contributed by atoms with Crippen molar-refractivity contribution in [3.63, 3.8) is 0 Å². The zero-order chi connectivity index (χ0) is 19.4. The number of hydrogen-bond donors (Lipinski definition) is 2. The van der Waals surface area contributed by atoms with E-state index in [2.05, 4.69) is 10.0 Å². The molecule has 2 saturated heterocycles. The summed E-state index contributed by atoms with van der Waals surface area (Å²) in [5.41, 5.74) is 1.26. The summed E-state index contributed by atoms with van der Waals surface area (Å²) < 4.78 is 32.3. The average Bonchev–Trinajstić information content (AvgIpc) is 3.00. The number of hydrogen-bond acceptors (Lipinski definition) is 5. The quantitative estimate of drug-likeness (QED) is 0.702. The molecule has 27 heavy (non-hydrogen) atoms. The van der Waals surface area contributed by atoms with E-state index < -0.39 is 10.0 Å². The van der Waals surface area contributed by atoms with Gasteiger partial charge in [-0.05, 0) is 62.4 Å². The van der Waals surface area contributed by atoms with E-state index in [-0.39, 0.29) is 17.3 Å². The van der Waals surface area contributed by atoms with Gasteiger partial charge in [0.2, 0.25) is 10.0 Å². The van der Waals surface area contributed by atoms with Crippen LogP contribution in [0, 0.1) is 18.8 Å². The smallest absolute Gasteiger partial charge is 0.254 e. The molecular formula is C19H29N3O4S. The van der Waals surface area contributed by atoms with Gasteiger partial charge in [-0.15, -0.1) is 0 Å². The van der Waals surface area contributed by atoms with Crippen molar-refractivity contribution >= 4 is 15.9 Å². The maximum absolute atomic E-state index is 13.1. The number of rotatable bonds is 6. The van der Waals surface area contributed by atoms with Crippen LogP contribution in [0.4, 0.5) is 0 Å². The topological polar surface area (TPSA) is 87.7 Å². The zero-order valence-corrected chi connectivity index (χ0v) is 16.8. The Balaban J connectivity index is 1.76. The molecule has 0 spiro atoms. The minimum Gasteiger partial charge on any atom is -0.383 e. The zero-order valence-electron chi connectivity index (χ0n) is 16.0. The molecule has 2 aliphatic rings. The molecule has 7 nitrogen and oxygen atoms in total. The second-order valence-corrected chi connectivity index (χ2v) is 9.18. The summed E-state index contributed by atoms with van der Waals surface area (Å²) in [5.74, 6) is 1.20. The number of benzene rings is 1. The van der Waals surface area contributed by atoms with Gasteiger partial charge in [0.05, 0.1) is 11.5 Å². The predicted octanol–water partition coefficient (Wildman–Crippen LogP) is 0.991. The lowest BCUT2D eigenvalue weighted by Crippen LogP contribution is -2.33. The fourth-order valence-electron chi connectivity index (χ4n) is 3.95. The van der Waals surface area contributed by atoms with E-state index in [4.69, 9.17) is 4.74 Å². The second-order valence-electron chi connectivity index (χ2n) is 7.42. The Morgan fingerprint density at radius 1 is 1.26 bits per heavy atom. The van der Waals surface area contributed by atoms with Crippen molar-refractivity contribution in [1.82, 2.24) is 14.9 Å². The van der Waals surface area contributed by atoms with Gasteiger partial charge in [0.15, 0.2) is 0 Å². The minimum absolute atomic E-state index is 0.0747. The van der Waals surface area contributed by atoms with Gasteiger partial charge in [0.1, 0.15) is 0 Å². The summed E-state index contributed by atoms with van der Waals surface area (Å²) in [6.07, 6.45) is 2.00. The summed E-state index contributed by atoms with van der Waals surface area (Å²) in [5, 5.41) is 3.44. The van der Waals surface area contributed by atoms with Crippen molar-refractivity contribution in [3.05, 3.63) is 29.3 Å². The van der Waals surface area contributed by atoms with Crippen molar-refractivity contribution in [1.29, 1.82) is 0 Å². The molecule has 1 aromatic rings. The van der Waals surface area contributed by atoms with Crippen LogP contribution in [-0.4, -0.2) is 65.7 Å². The number of nitrogens with zero attached hydrogens (tertiary/aromatic N) is 1. The van der Waals surface area contributed by atoms with Crippen LogP contribution < -0.4 is 10.0 Å². The van der Waals surface area contributed by atoms with Gasteiger partial charge in [-0.2, -0.15) is 0 Å². The van der Waals surface area contributed by atoms with Crippen molar-refractivity contribution < 1.29 is 17.9 Å². The van der Waals surface area contributed by atoms with Gasteiger partial charge < -0.3 is 15.0 Å². The third-order valence-electron chi connectivity index (χ3n) is 5.65. The molecule has 0 aromatic heterocycles. The number of ether oxygens (including phenoxy) is 1. The highest BCUT2D eigenvalue weighted by molar-refractivity contribution is 7.89. The Kier molecular flexibility index (Phi) is 6.52. The normalized spacial score (nSPS) is 23.1. The number of nitrogens with one attached hydrogen (secondary N) is 2. The molecule has 2 atom stereocenters. The summed E-state index contributed by atoms with van der Waals surface area (Å²) in [6, 6.07) is 4.74. The Bertz CT molecular complexity index is 767. The first-order chi connectivity index (χ1) is 12.9. The van der Waals surface area contributed by atoms with Crippen LogP contribution in [0.2, 0.25) is 0 Å². The molecule has 2 heterocycles. The van der Waals surface area contributed by atoms with E-state index in [9.17, 15) is 13.2 Å². The number of carbonyl (C=O) groups is 1. The molecule has 2 N–H and O–H groups in total. The van der Waals surface area contributed by atoms with E-state index in [1.165, 1.54) is 13.2 Å². The second kappa shape index (κ2) is 8.68. The van der Waals surface area contributed by atoms with Gasteiger partial charge in [-0.1, -0.05) is 6.07 Å². The predicted molar refractivity (Wildman–Crippen MR) is 103 cm³/mol. The average molecular weight is 396 g/mol. The number of likely N-dealkylation sites (tertiary alicyclic amines) is 1. The molecule has 0 radical (unpaired) electrons. The van der Waals surface area contributed by atoms with Crippen molar-refractivity contribution in [2.45, 2.75) is 24.7 Å². The first-order valence-electron chi connectivity index (χ1n) is 9.51. The van der Waals surface area contributed by atoms with Gasteiger partial charge >= 0.3 is 0 Å². The minimum atomic E-state index is -3.66. The molecule has 3 rings (SSSR count). The summed E-state index contributed by atoms with van der Waals surface area (Å²) in [7, 11) is -2.15. The van der Waals surface area contributed by atoms with Crippen molar-refractivity contribution in [2.24, 2.45) is 11.8 Å². The summed E-state index contributed by atoms with van der Waals surface area (Å²) in [6.45, 7) is 5.85. The van der Waals surface area contributed by atoms with E-state index in [0.717, 1.165) is 44.6 Å². The lowest BCUT2D eigenvalue weighted by atomic mass is 9.92. The van der Waals surface area contributed by atoms with Crippen LogP contribution in [-0.2, 0) is 14.8 Å². The molecule has 150 valence electrons. The van der Waals surface area contributed by atoms with Gasteiger partial charge in [0.25, 0.3) is 5.91 Å². The molecule has 1 amide bonds. The number of carbonyl (C=O) groups excluding carboxylic acids is 1. The monoisotopic (exact) mass is 395 g/mol. The Hall–Kier alpha value is -1.48. The van der Waals surface area contributed by atoms with Crippen LogP contribution in [0.1, 0.15) is 28.8 Å². The van der Waals surface area contributed by atoms with Gasteiger partial charge in [0, 0.05) is 32.3 Å². The van der Waals surface area contributed by atoms with Crippen LogP contribution in [0.3, 0.4) is 0 Å². The fraction of sp³-hybridized carbons (Fsp3) is 0.632. The summed E-state index contributed by atoms with van der Waals surface area (Å²) >= 11 is 0. The molecular weight excluding hydrogens is 366 g/mol. The van der Waals surface area contributed by atoms with Crippen LogP contribution in [0.15, 0.2) is 23.1 Å². The van der Waals surface area contributed by atoms with E-state index in [1.807, 2.05) is 11.8 Å². The lowest BCUT2D eigenvalue weighted by Gasteiger charge is -2.22. The SMILES string of the molecule is COCCNS(=O)(=O)c1ccc(C)c(C(=O)N2CC[C@@H]3CNC[C@@H]3CC2)c1. The van der Waals surface area contributed by atoms with E-state index in [0.29, 0.717) is 24.0 Å². The molecule has 0 unspecified atom stereocenters. The standard InChI is InChI=1S/C19H29N3O4S/c1-14-3-4-17(27(24,25)21-7-10-26-2)11-18(14)19(23)22-8-5-15-12-20-13-16(15)6-9-22/h3-4,11,15-16,20-21H,5-10,12-13H2,1-2H3/t15-,16+. The Morgan fingerprint density at radius 2 is 1.93 bits per heavy atom. The fourth-order valence-corrected chi connectivity index (χ4v) is 4.99. The molecule has 2 fully saturated rings. The van der Waals surface area contributed by atoms with E-state index in [1.54, 1.807) is 12.1 Å². The first-order valence-corrected chi connectivity index (χ1v) is 11.0. The van der Waals surface area contributed by atoms with Crippen molar-refractivity contribution in [2.75, 3.05) is 46.4 Å². The van der Waals surface area contributed by atoms with E-state index >= 15 is 0 Å². The number of aryl methyl sites for hydroxylation is 1. The van der Waals surface area contributed by atoms with Gasteiger partial charge in [-0.3, -0.25) is 4.79 Å². The number of amides is 1. The maximum atomic E-state index is 13.1. The molecule has 8 heteroatoms. The Morgan fingerprint density at radius 3 is 2.56 bits per heavy atom. The van der Waals surface area contributed by atoms with Crippen LogP contribution in [0.5, 0.6) is 0 Å². The largest absolute Gasteiger partial charge is 0.383 e. The Labute approximate surface area is 161 Å². The molecule has 2 aliphatic heterocycles. The van der Waals surface area contributed by atoms with Crippen LogP contribution in [0.25, 0.3) is 0 Å². The third-order valence-corrected chi connectivity index (χ3v) is 7.11. The highest BCUT2D eigenvalue weighted by Gasteiger charge is 2.32. The van der Waals surface area contributed by atoms with Crippen LogP contribution >= 0.6 is 0 Å². The summed E-state index contributed by atoms with van der Waals surface area (Å²) in [4.78, 5) is 15.1. The van der Waals surface area contributed by atoms with Crippen molar-refractivity contribution in [3.8, 4) is 0 Å². The number of fused-ring (bicyclic) bond motifs is 1. The molecule has 0 saturated carbocycles. The first kappa shape index (κ1) is 20.3. The maximum Gasteiger partial charge on any atom is 0.254 e. The highest BCUT2D eigenvalue weighted by atomic mass is 32.2. The molecule has 0 aliphatic carbocycles. The molecule has 1 aromatic carbocycles. The lowest BCUT2D eigenvalue weighted by molar-refractivity contribution is 0.0757. The van der Waals surface area contributed by atoms with Gasteiger partial charge in [-0.25, -0.2) is 13.1 Å². The molecule has 0 bridgehead atoms. The number of methoxy groups -OCH3 is 1. The number of sulfonamides is 1. The highest BCUT2D eigenvalue weighted by Crippen LogP contribution is 2.28.